The zero-order valence-corrected chi connectivity index (χ0v) is 11.3. The second-order valence-corrected chi connectivity index (χ2v) is 4.71. The smallest absolute Gasteiger partial charge is 0.311 e. The second-order valence-electron chi connectivity index (χ2n) is 3.85. The largest absolute Gasteiger partial charge is 0.466 e. The maximum atomic E-state index is 13.6. The maximum absolute atomic E-state index is 13.6. The molecule has 0 amide bonds. The van der Waals surface area contributed by atoms with Crippen LogP contribution in [0, 0.1) is 17.5 Å². The van der Waals surface area contributed by atoms with Crippen LogP contribution < -0.4 is 0 Å². The van der Waals surface area contributed by atoms with E-state index in [9.17, 15) is 18.0 Å². The van der Waals surface area contributed by atoms with Crippen molar-refractivity contribution in [3.63, 3.8) is 0 Å². The highest BCUT2D eigenvalue weighted by Crippen LogP contribution is 2.28. The Morgan fingerprint density at radius 3 is 2.75 bits per heavy atom. The van der Waals surface area contributed by atoms with E-state index in [1.54, 1.807) is 12.3 Å². The maximum Gasteiger partial charge on any atom is 0.311 e. The van der Waals surface area contributed by atoms with Crippen LogP contribution in [-0.4, -0.2) is 17.6 Å². The van der Waals surface area contributed by atoms with Crippen molar-refractivity contribution in [2.75, 3.05) is 6.61 Å². The number of nitrogens with zero attached hydrogens (tertiary/aromatic N) is 1. The second kappa shape index (κ2) is 6.04. The van der Waals surface area contributed by atoms with E-state index in [1.165, 1.54) is 0 Å². The first-order chi connectivity index (χ1) is 9.52. The van der Waals surface area contributed by atoms with E-state index in [4.69, 9.17) is 4.74 Å². The third-order valence-electron chi connectivity index (χ3n) is 2.45. The fraction of sp³-hybridized carbons (Fsp3) is 0.231. The van der Waals surface area contributed by atoms with Gasteiger partial charge in [-0.1, -0.05) is 0 Å². The van der Waals surface area contributed by atoms with Gasteiger partial charge in [-0.25, -0.2) is 18.2 Å². The SMILES string of the molecule is CCOC(=O)Cc1csc(-c2ccc(F)c(F)c2F)n1. The number of benzene rings is 1. The van der Waals surface area contributed by atoms with Gasteiger partial charge in [-0.05, 0) is 19.1 Å². The molecule has 0 spiro atoms. The molecule has 7 heteroatoms. The van der Waals surface area contributed by atoms with Crippen molar-refractivity contribution in [1.29, 1.82) is 0 Å². The summed E-state index contributed by atoms with van der Waals surface area (Å²) in [5.74, 6) is -4.53. The summed E-state index contributed by atoms with van der Waals surface area (Å²) in [6.07, 6.45) is -0.0460. The van der Waals surface area contributed by atoms with Crippen LogP contribution in [0.1, 0.15) is 12.6 Å². The van der Waals surface area contributed by atoms with Crippen molar-refractivity contribution in [3.8, 4) is 10.6 Å². The Labute approximate surface area is 117 Å². The fourth-order valence-corrected chi connectivity index (χ4v) is 2.40. The molecule has 0 fully saturated rings. The Kier molecular flexibility index (Phi) is 4.39. The summed E-state index contributed by atoms with van der Waals surface area (Å²) in [7, 11) is 0. The van der Waals surface area contributed by atoms with Gasteiger partial charge in [0.25, 0.3) is 0 Å². The molecule has 0 radical (unpaired) electrons. The van der Waals surface area contributed by atoms with Gasteiger partial charge in [0, 0.05) is 10.9 Å². The molecule has 0 unspecified atom stereocenters. The molecular weight excluding hydrogens is 291 g/mol. The van der Waals surface area contributed by atoms with E-state index in [-0.39, 0.29) is 23.6 Å². The minimum atomic E-state index is -1.54. The summed E-state index contributed by atoms with van der Waals surface area (Å²) in [4.78, 5) is 15.3. The highest BCUT2D eigenvalue weighted by molar-refractivity contribution is 7.13. The normalized spacial score (nSPS) is 10.6. The van der Waals surface area contributed by atoms with Crippen LogP contribution >= 0.6 is 11.3 Å². The van der Waals surface area contributed by atoms with Gasteiger partial charge in [0.15, 0.2) is 17.5 Å². The van der Waals surface area contributed by atoms with E-state index in [0.29, 0.717) is 5.69 Å². The summed E-state index contributed by atoms with van der Waals surface area (Å²) in [5, 5.41) is 1.73. The van der Waals surface area contributed by atoms with Crippen molar-refractivity contribution >= 4 is 17.3 Å². The van der Waals surface area contributed by atoms with E-state index in [2.05, 4.69) is 4.98 Å². The molecule has 0 aliphatic carbocycles. The standard InChI is InChI=1S/C13H10F3NO2S/c1-2-19-10(18)5-7-6-20-13(17-7)8-3-4-9(14)12(16)11(8)15/h3-4,6H,2,5H2,1H3. The van der Waals surface area contributed by atoms with Gasteiger partial charge < -0.3 is 4.74 Å². The molecule has 0 aliphatic heterocycles. The van der Waals surface area contributed by atoms with Crippen molar-refractivity contribution in [2.24, 2.45) is 0 Å². The minimum absolute atomic E-state index is 0.0460. The molecule has 0 saturated carbocycles. The van der Waals surface area contributed by atoms with Gasteiger partial charge in [-0.15, -0.1) is 11.3 Å². The zero-order chi connectivity index (χ0) is 14.7. The van der Waals surface area contributed by atoms with Crippen LogP contribution in [0.4, 0.5) is 13.2 Å². The zero-order valence-electron chi connectivity index (χ0n) is 10.5. The summed E-state index contributed by atoms with van der Waals surface area (Å²) in [5.41, 5.74) is 0.261. The molecule has 1 aromatic heterocycles. The summed E-state index contributed by atoms with van der Waals surface area (Å²) in [6, 6.07) is 1.95. The van der Waals surface area contributed by atoms with Crippen LogP contribution in [0.2, 0.25) is 0 Å². The Bertz CT molecular complexity index is 643. The van der Waals surface area contributed by atoms with Crippen LogP contribution in [0.3, 0.4) is 0 Å². The Hall–Kier alpha value is -1.89. The van der Waals surface area contributed by atoms with E-state index < -0.39 is 23.4 Å². The number of esters is 1. The van der Waals surface area contributed by atoms with Crippen LogP contribution in [0.5, 0.6) is 0 Å². The van der Waals surface area contributed by atoms with Crippen molar-refractivity contribution in [2.45, 2.75) is 13.3 Å². The summed E-state index contributed by atoms with van der Waals surface area (Å²) >= 11 is 1.04. The lowest BCUT2D eigenvalue weighted by Crippen LogP contribution is -2.07. The highest BCUT2D eigenvalue weighted by Gasteiger charge is 2.17. The van der Waals surface area contributed by atoms with Crippen LogP contribution in [0.25, 0.3) is 10.6 Å². The topological polar surface area (TPSA) is 39.2 Å². The first kappa shape index (κ1) is 14.5. The quantitative estimate of drug-likeness (QED) is 0.642. The number of carbonyl (C=O) groups excluding carboxylic acids is 1. The molecule has 0 bridgehead atoms. The molecule has 0 aliphatic rings. The van der Waals surface area contributed by atoms with Gasteiger partial charge in [0.05, 0.1) is 18.7 Å². The molecule has 0 saturated heterocycles. The summed E-state index contributed by atoms with van der Waals surface area (Å²) < 4.78 is 44.4. The molecule has 1 heterocycles. The Morgan fingerprint density at radius 1 is 1.30 bits per heavy atom. The van der Waals surface area contributed by atoms with Crippen molar-refractivity contribution < 1.29 is 22.7 Å². The summed E-state index contributed by atoms with van der Waals surface area (Å²) in [6.45, 7) is 1.94. The number of rotatable bonds is 4. The number of carbonyl (C=O) groups is 1. The number of ether oxygens (including phenoxy) is 1. The van der Waals surface area contributed by atoms with Crippen LogP contribution in [0.15, 0.2) is 17.5 Å². The molecule has 0 N–H and O–H groups in total. The number of halogens is 3. The predicted molar refractivity (Wildman–Crippen MR) is 67.8 cm³/mol. The number of hydrogen-bond acceptors (Lipinski definition) is 4. The van der Waals surface area contributed by atoms with Crippen molar-refractivity contribution in [3.05, 3.63) is 40.7 Å². The van der Waals surface area contributed by atoms with Gasteiger partial charge in [-0.3, -0.25) is 4.79 Å². The third kappa shape index (κ3) is 2.98. The highest BCUT2D eigenvalue weighted by atomic mass is 32.1. The van der Waals surface area contributed by atoms with Gasteiger partial charge in [0.1, 0.15) is 5.01 Å². The molecule has 0 atom stereocenters. The lowest BCUT2D eigenvalue weighted by atomic mass is 10.2. The number of hydrogen-bond donors (Lipinski definition) is 0. The molecule has 20 heavy (non-hydrogen) atoms. The molecule has 106 valence electrons. The van der Waals surface area contributed by atoms with Gasteiger partial charge in [-0.2, -0.15) is 0 Å². The molecular formula is C13H10F3NO2S. The van der Waals surface area contributed by atoms with Gasteiger partial charge in [0.2, 0.25) is 0 Å². The number of aromatic nitrogens is 1. The molecule has 2 aromatic rings. The van der Waals surface area contributed by atoms with Gasteiger partial charge >= 0.3 is 5.97 Å². The first-order valence-corrected chi connectivity index (χ1v) is 6.64. The van der Waals surface area contributed by atoms with E-state index in [0.717, 1.165) is 23.5 Å². The monoisotopic (exact) mass is 301 g/mol. The Balaban J connectivity index is 2.25. The van der Waals surface area contributed by atoms with Crippen LogP contribution in [-0.2, 0) is 16.0 Å². The lowest BCUT2D eigenvalue weighted by Gasteiger charge is -2.01. The molecule has 2 rings (SSSR count). The predicted octanol–water partition coefficient (Wildman–Crippen LogP) is 3.33. The lowest BCUT2D eigenvalue weighted by molar-refractivity contribution is -0.142. The molecule has 1 aromatic carbocycles. The Morgan fingerprint density at radius 2 is 2.05 bits per heavy atom. The average Bonchev–Trinajstić information content (AvgIpc) is 2.84. The fourth-order valence-electron chi connectivity index (χ4n) is 1.56. The molecule has 3 nitrogen and oxygen atoms in total. The average molecular weight is 301 g/mol. The third-order valence-corrected chi connectivity index (χ3v) is 3.37. The van der Waals surface area contributed by atoms with Crippen molar-refractivity contribution in [1.82, 2.24) is 4.98 Å². The van der Waals surface area contributed by atoms with E-state index >= 15 is 0 Å². The number of thiazole rings is 1. The minimum Gasteiger partial charge on any atom is -0.466 e. The first-order valence-electron chi connectivity index (χ1n) is 5.76. The van der Waals surface area contributed by atoms with E-state index in [1.807, 2.05) is 0 Å².